The second-order valence-corrected chi connectivity index (χ2v) is 8.74. The Hall–Kier alpha value is -2.96. The summed E-state index contributed by atoms with van der Waals surface area (Å²) in [6.45, 7) is 2.96. The van der Waals surface area contributed by atoms with E-state index in [1.54, 1.807) is 19.2 Å². The third kappa shape index (κ3) is 5.49. The van der Waals surface area contributed by atoms with E-state index in [9.17, 15) is 28.5 Å². The lowest BCUT2D eigenvalue weighted by Crippen LogP contribution is -2.35. The van der Waals surface area contributed by atoms with Gasteiger partial charge in [-0.3, -0.25) is 4.98 Å². The van der Waals surface area contributed by atoms with Gasteiger partial charge in [-0.05, 0) is 31.9 Å². The maximum Gasteiger partial charge on any atom is 0.390 e. The predicted molar refractivity (Wildman–Crippen MR) is 123 cm³/mol. The molecule has 35 heavy (non-hydrogen) atoms. The normalized spacial score (nSPS) is 22.6. The molecule has 1 aliphatic carbocycles. The lowest BCUT2D eigenvalue weighted by atomic mass is 10.1. The number of fused-ring (bicyclic) bond motifs is 1. The van der Waals surface area contributed by atoms with Crippen LogP contribution in [-0.2, 0) is 6.42 Å². The largest absolute Gasteiger partial charge is 0.454 e. The van der Waals surface area contributed by atoms with Crippen molar-refractivity contribution < 1.29 is 32.9 Å². The van der Waals surface area contributed by atoms with E-state index >= 15 is 0 Å². The van der Waals surface area contributed by atoms with Crippen molar-refractivity contribution in [2.45, 2.75) is 57.5 Å². The quantitative estimate of drug-likeness (QED) is 0.319. The van der Waals surface area contributed by atoms with Crippen molar-refractivity contribution in [3.05, 3.63) is 29.7 Å². The van der Waals surface area contributed by atoms with Gasteiger partial charge in [0.05, 0.1) is 36.0 Å². The first-order valence-electron chi connectivity index (χ1n) is 11.4. The molecule has 0 aliphatic heterocycles. The number of rotatable bonds is 8. The Morgan fingerprint density at radius 2 is 1.94 bits per heavy atom. The number of aryl methyl sites for hydroxylation is 2. The van der Waals surface area contributed by atoms with Gasteiger partial charge in [0.1, 0.15) is 17.7 Å². The molecule has 0 bridgehead atoms. The molecule has 0 unspecified atom stereocenters. The van der Waals surface area contributed by atoms with Gasteiger partial charge in [-0.15, -0.1) is 0 Å². The van der Waals surface area contributed by atoms with Gasteiger partial charge in [0.15, 0.2) is 5.58 Å². The van der Waals surface area contributed by atoms with E-state index in [1.165, 1.54) is 0 Å². The van der Waals surface area contributed by atoms with Crippen molar-refractivity contribution >= 4 is 22.7 Å². The molecule has 4 rings (SSSR count). The summed E-state index contributed by atoms with van der Waals surface area (Å²) in [5, 5.41) is 36.7. The second kappa shape index (κ2) is 9.96. The fourth-order valence-electron chi connectivity index (χ4n) is 4.30. The van der Waals surface area contributed by atoms with Crippen molar-refractivity contribution in [1.82, 2.24) is 15.0 Å². The second-order valence-electron chi connectivity index (χ2n) is 8.74. The van der Waals surface area contributed by atoms with Crippen molar-refractivity contribution in [2.24, 2.45) is 5.92 Å². The summed E-state index contributed by atoms with van der Waals surface area (Å²) in [4.78, 5) is 13.0. The lowest BCUT2D eigenvalue weighted by molar-refractivity contribution is -0.131. The maximum atomic E-state index is 12.6. The Morgan fingerprint density at radius 3 is 2.60 bits per heavy atom. The van der Waals surface area contributed by atoms with Gasteiger partial charge in [-0.25, -0.2) is 4.98 Å². The molecule has 12 heteroatoms. The van der Waals surface area contributed by atoms with Crippen LogP contribution in [0.4, 0.5) is 24.9 Å². The van der Waals surface area contributed by atoms with E-state index in [2.05, 4.69) is 25.6 Å². The van der Waals surface area contributed by atoms with Crippen LogP contribution in [0.3, 0.4) is 0 Å². The highest BCUT2D eigenvalue weighted by Crippen LogP contribution is 2.37. The Kier molecular flexibility index (Phi) is 7.15. The minimum absolute atomic E-state index is 0.0178. The molecule has 190 valence electrons. The average Bonchev–Trinajstić information content (AvgIpc) is 3.33. The SMILES string of the molecule is CCc1cc2cc(-c3c(C)nc(NCCC(F)(F)F)nc3N[C@@H]3C[C@H](CO)[C@@H](O)[C@H]3O)oc2cn1. The van der Waals surface area contributed by atoms with Gasteiger partial charge in [-0.2, -0.15) is 18.2 Å². The van der Waals surface area contributed by atoms with Crippen LogP contribution < -0.4 is 10.6 Å². The number of aliphatic hydroxyl groups excluding tert-OH is 3. The van der Waals surface area contributed by atoms with Crippen molar-refractivity contribution in [1.29, 1.82) is 0 Å². The van der Waals surface area contributed by atoms with E-state index in [0.717, 1.165) is 17.5 Å². The zero-order valence-corrected chi connectivity index (χ0v) is 19.3. The lowest BCUT2D eigenvalue weighted by Gasteiger charge is -2.21. The summed E-state index contributed by atoms with van der Waals surface area (Å²) in [5.74, 6) is 0.104. The van der Waals surface area contributed by atoms with Gasteiger partial charge in [0.25, 0.3) is 0 Å². The molecule has 3 aromatic rings. The first-order chi connectivity index (χ1) is 16.6. The third-order valence-electron chi connectivity index (χ3n) is 6.21. The molecule has 1 aliphatic rings. The number of aliphatic hydroxyl groups is 3. The van der Waals surface area contributed by atoms with E-state index in [1.807, 2.05) is 13.0 Å². The number of nitrogens with zero attached hydrogens (tertiary/aromatic N) is 3. The summed E-state index contributed by atoms with van der Waals surface area (Å²) in [7, 11) is 0. The molecule has 9 nitrogen and oxygen atoms in total. The third-order valence-corrected chi connectivity index (χ3v) is 6.21. The number of pyridine rings is 1. The highest BCUT2D eigenvalue weighted by molar-refractivity contribution is 5.86. The minimum Gasteiger partial charge on any atom is -0.454 e. The Balaban J connectivity index is 1.72. The summed E-state index contributed by atoms with van der Waals surface area (Å²) in [6, 6.07) is 3.05. The highest BCUT2D eigenvalue weighted by atomic mass is 19.4. The van der Waals surface area contributed by atoms with Crippen LogP contribution in [0.1, 0.15) is 31.2 Å². The maximum absolute atomic E-state index is 12.6. The molecule has 0 spiro atoms. The number of nitrogens with one attached hydrogen (secondary N) is 2. The average molecular weight is 496 g/mol. The molecule has 3 aromatic heterocycles. The van der Waals surface area contributed by atoms with Crippen molar-refractivity contribution in [2.75, 3.05) is 23.8 Å². The topological polar surface area (TPSA) is 137 Å². The molecule has 0 saturated heterocycles. The van der Waals surface area contributed by atoms with Crippen LogP contribution in [-0.4, -0.2) is 67.8 Å². The van der Waals surface area contributed by atoms with Crippen LogP contribution in [0, 0.1) is 12.8 Å². The Morgan fingerprint density at radius 1 is 1.17 bits per heavy atom. The van der Waals surface area contributed by atoms with Gasteiger partial charge in [0.2, 0.25) is 5.95 Å². The first kappa shape index (κ1) is 25.1. The monoisotopic (exact) mass is 495 g/mol. The first-order valence-corrected chi connectivity index (χ1v) is 11.4. The van der Waals surface area contributed by atoms with Crippen LogP contribution >= 0.6 is 0 Å². The standard InChI is InChI=1S/C23H28F3N5O4/c1-3-14-6-12-8-16(35-17(12)9-28-14)18-11(2)29-22(27-5-4-23(24,25)26)31-21(18)30-15-7-13(10-32)19(33)20(15)34/h6,8-9,13,15,19-20,32-34H,3-5,7,10H2,1-2H3,(H2,27,29,30,31)/t13-,15-,19-,20+/m1/s1. The van der Waals surface area contributed by atoms with Gasteiger partial charge in [-0.1, -0.05) is 6.92 Å². The number of alkyl halides is 3. The number of halogens is 3. The van der Waals surface area contributed by atoms with Gasteiger partial charge < -0.3 is 30.4 Å². The van der Waals surface area contributed by atoms with E-state index in [0.29, 0.717) is 22.6 Å². The molecule has 1 fully saturated rings. The molecule has 3 heterocycles. The van der Waals surface area contributed by atoms with Crippen LogP contribution in [0.2, 0.25) is 0 Å². The fourth-order valence-corrected chi connectivity index (χ4v) is 4.30. The Bertz CT molecular complexity index is 1190. The van der Waals surface area contributed by atoms with E-state index in [4.69, 9.17) is 4.42 Å². The van der Waals surface area contributed by atoms with Gasteiger partial charge >= 0.3 is 6.18 Å². The number of furan rings is 1. The fraction of sp³-hybridized carbons (Fsp3) is 0.522. The van der Waals surface area contributed by atoms with Crippen LogP contribution in [0.25, 0.3) is 22.3 Å². The van der Waals surface area contributed by atoms with Crippen molar-refractivity contribution in [3.8, 4) is 11.3 Å². The highest BCUT2D eigenvalue weighted by Gasteiger charge is 2.41. The molecule has 0 amide bonds. The van der Waals surface area contributed by atoms with E-state index < -0.39 is 43.3 Å². The molecular weight excluding hydrogens is 467 g/mol. The smallest absolute Gasteiger partial charge is 0.390 e. The molecule has 0 aromatic carbocycles. The Labute approximate surface area is 199 Å². The van der Waals surface area contributed by atoms with Crippen LogP contribution in [0.5, 0.6) is 0 Å². The summed E-state index contributed by atoms with van der Waals surface area (Å²) in [5.41, 5.74) is 2.34. The number of hydrogen-bond donors (Lipinski definition) is 5. The van der Waals surface area contributed by atoms with Crippen LogP contribution in [0.15, 0.2) is 22.7 Å². The zero-order chi connectivity index (χ0) is 25.3. The van der Waals surface area contributed by atoms with Crippen molar-refractivity contribution in [3.63, 3.8) is 0 Å². The van der Waals surface area contributed by atoms with Gasteiger partial charge in [0, 0.05) is 30.1 Å². The molecule has 4 atom stereocenters. The number of aromatic nitrogens is 3. The summed E-state index contributed by atoms with van der Waals surface area (Å²) >= 11 is 0. The molecule has 1 saturated carbocycles. The molecule has 0 radical (unpaired) electrons. The zero-order valence-electron chi connectivity index (χ0n) is 19.3. The minimum atomic E-state index is -4.33. The molecular formula is C23H28F3N5O4. The number of hydrogen-bond acceptors (Lipinski definition) is 9. The summed E-state index contributed by atoms with van der Waals surface area (Å²) in [6.07, 6.45) is -5.05. The molecule has 5 N–H and O–H groups in total. The summed E-state index contributed by atoms with van der Waals surface area (Å²) < 4.78 is 43.8. The number of anilines is 2. The predicted octanol–water partition coefficient (Wildman–Crippen LogP) is 3.03. The van der Waals surface area contributed by atoms with E-state index in [-0.39, 0.29) is 24.8 Å².